The summed E-state index contributed by atoms with van der Waals surface area (Å²) in [6.07, 6.45) is 1.95. The van der Waals surface area contributed by atoms with Crippen LogP contribution in [0.5, 0.6) is 0 Å². The first-order valence-corrected chi connectivity index (χ1v) is 11.0. The second kappa shape index (κ2) is 9.02. The van der Waals surface area contributed by atoms with Crippen LogP contribution < -0.4 is 0 Å². The van der Waals surface area contributed by atoms with Gasteiger partial charge >= 0.3 is 5.97 Å². The smallest absolute Gasteiger partial charge is 0.326 e. The highest BCUT2D eigenvalue weighted by atomic mass is 16.5. The number of hydrazone groups is 1. The van der Waals surface area contributed by atoms with Crippen LogP contribution in [-0.2, 0) is 14.3 Å². The van der Waals surface area contributed by atoms with E-state index < -0.39 is 42.9 Å². The lowest BCUT2D eigenvalue weighted by atomic mass is 10.0. The zero-order chi connectivity index (χ0) is 24.5. The van der Waals surface area contributed by atoms with Gasteiger partial charge in [-0.1, -0.05) is 42.0 Å². The fourth-order valence-corrected chi connectivity index (χ4v) is 4.13. The molecule has 2 aliphatic heterocycles. The van der Waals surface area contributed by atoms with E-state index in [0.717, 1.165) is 16.0 Å². The fraction of sp³-hybridized carbons (Fsp3) is 0.192. The van der Waals surface area contributed by atoms with Gasteiger partial charge in [0, 0.05) is 6.42 Å². The Kier molecular flexibility index (Phi) is 5.74. The number of carbonyl (C=O) groups excluding carboxylic acids is 4. The number of esters is 1. The van der Waals surface area contributed by atoms with E-state index in [2.05, 4.69) is 5.10 Å². The zero-order valence-corrected chi connectivity index (χ0v) is 18.8. The Morgan fingerprint density at radius 2 is 1.69 bits per heavy atom. The lowest BCUT2D eigenvalue weighted by Crippen LogP contribution is -2.37. The molecular formula is C26H21N3O6. The average molecular weight is 471 g/mol. The third kappa shape index (κ3) is 4.23. The van der Waals surface area contributed by atoms with Crippen LogP contribution in [0.4, 0.5) is 0 Å². The van der Waals surface area contributed by atoms with E-state index in [1.807, 2.05) is 31.2 Å². The SMILES string of the molecule is Cc1ccc(C2=NN(C(=O)COC(=O)CN3C(=O)c4ccccc4C3=O)C(c3ccco3)C2)cc1. The molecule has 1 unspecified atom stereocenters. The average Bonchev–Trinajstić information content (AvgIpc) is 3.60. The summed E-state index contributed by atoms with van der Waals surface area (Å²) in [4.78, 5) is 51.1. The maximum absolute atomic E-state index is 13.0. The molecule has 35 heavy (non-hydrogen) atoms. The van der Waals surface area contributed by atoms with Gasteiger partial charge in [-0.15, -0.1) is 0 Å². The molecule has 0 saturated heterocycles. The Morgan fingerprint density at radius 1 is 1.00 bits per heavy atom. The summed E-state index contributed by atoms with van der Waals surface area (Å²) in [6.45, 7) is 0.807. The lowest BCUT2D eigenvalue weighted by Gasteiger charge is -2.20. The summed E-state index contributed by atoms with van der Waals surface area (Å²) in [6, 6.07) is 17.1. The molecule has 0 spiro atoms. The summed E-state index contributed by atoms with van der Waals surface area (Å²) >= 11 is 0. The van der Waals surface area contributed by atoms with Crippen molar-refractivity contribution in [3.8, 4) is 0 Å². The molecule has 2 aliphatic rings. The van der Waals surface area contributed by atoms with E-state index in [0.29, 0.717) is 17.9 Å². The monoisotopic (exact) mass is 471 g/mol. The number of rotatable bonds is 6. The normalized spacial score (nSPS) is 16.9. The van der Waals surface area contributed by atoms with Crippen molar-refractivity contribution < 1.29 is 28.3 Å². The fourth-order valence-electron chi connectivity index (χ4n) is 4.13. The first-order chi connectivity index (χ1) is 16.9. The summed E-state index contributed by atoms with van der Waals surface area (Å²) in [7, 11) is 0. The number of fused-ring (bicyclic) bond motifs is 1. The van der Waals surface area contributed by atoms with Crippen molar-refractivity contribution in [1.82, 2.24) is 9.91 Å². The standard InChI is InChI=1S/C26H21N3O6/c1-16-8-10-17(11-9-16)20-13-21(22-7-4-12-34-22)29(27-20)23(30)15-35-24(31)14-28-25(32)18-5-2-3-6-19(18)26(28)33/h2-12,21H,13-15H2,1H3. The highest BCUT2D eigenvalue weighted by Gasteiger charge is 2.38. The van der Waals surface area contributed by atoms with Crippen LogP contribution in [0.25, 0.3) is 0 Å². The van der Waals surface area contributed by atoms with E-state index in [4.69, 9.17) is 9.15 Å². The van der Waals surface area contributed by atoms with Gasteiger partial charge in [-0.05, 0) is 36.8 Å². The van der Waals surface area contributed by atoms with Crippen molar-refractivity contribution in [3.05, 3.63) is 94.9 Å². The zero-order valence-electron chi connectivity index (χ0n) is 18.8. The van der Waals surface area contributed by atoms with Crippen LogP contribution in [0.1, 0.15) is 50.1 Å². The molecule has 1 aromatic heterocycles. The van der Waals surface area contributed by atoms with Crippen molar-refractivity contribution in [2.45, 2.75) is 19.4 Å². The number of furan rings is 1. The highest BCUT2D eigenvalue weighted by Crippen LogP contribution is 2.33. The van der Waals surface area contributed by atoms with Gasteiger partial charge in [0.1, 0.15) is 18.3 Å². The second-order valence-corrected chi connectivity index (χ2v) is 8.29. The number of benzene rings is 2. The Balaban J connectivity index is 1.26. The van der Waals surface area contributed by atoms with Gasteiger partial charge in [-0.2, -0.15) is 5.10 Å². The van der Waals surface area contributed by atoms with Gasteiger partial charge < -0.3 is 9.15 Å². The molecule has 0 radical (unpaired) electrons. The summed E-state index contributed by atoms with van der Waals surface area (Å²) in [5.41, 5.74) is 3.16. The number of aryl methyl sites for hydroxylation is 1. The Labute approximate surface area is 200 Å². The van der Waals surface area contributed by atoms with Crippen molar-refractivity contribution >= 4 is 29.4 Å². The molecule has 0 fully saturated rings. The van der Waals surface area contributed by atoms with E-state index in [1.54, 1.807) is 24.3 Å². The van der Waals surface area contributed by atoms with Gasteiger partial charge in [0.05, 0.1) is 23.1 Å². The number of carbonyl (C=O) groups is 4. The minimum absolute atomic E-state index is 0.234. The lowest BCUT2D eigenvalue weighted by molar-refractivity contribution is -0.153. The number of hydrogen-bond donors (Lipinski definition) is 0. The third-order valence-corrected chi connectivity index (χ3v) is 5.94. The van der Waals surface area contributed by atoms with Crippen molar-refractivity contribution in [2.75, 3.05) is 13.2 Å². The molecule has 0 aliphatic carbocycles. The summed E-state index contributed by atoms with van der Waals surface area (Å²) in [5.74, 6) is -2.01. The molecular weight excluding hydrogens is 450 g/mol. The molecule has 1 atom stereocenters. The molecule has 9 heteroatoms. The number of imide groups is 1. The van der Waals surface area contributed by atoms with Gasteiger partial charge in [0.15, 0.2) is 6.61 Å². The summed E-state index contributed by atoms with van der Waals surface area (Å²) < 4.78 is 10.6. The van der Waals surface area contributed by atoms with Gasteiger partial charge in [0.2, 0.25) is 0 Å². The molecule has 0 bridgehead atoms. The third-order valence-electron chi connectivity index (χ3n) is 5.94. The molecule has 3 heterocycles. The van der Waals surface area contributed by atoms with E-state index in [-0.39, 0.29) is 11.1 Å². The van der Waals surface area contributed by atoms with Crippen LogP contribution in [0.2, 0.25) is 0 Å². The largest absolute Gasteiger partial charge is 0.467 e. The second-order valence-electron chi connectivity index (χ2n) is 8.29. The maximum atomic E-state index is 13.0. The minimum Gasteiger partial charge on any atom is -0.467 e. The van der Waals surface area contributed by atoms with Crippen LogP contribution in [0, 0.1) is 6.92 Å². The van der Waals surface area contributed by atoms with Gasteiger partial charge in [-0.25, -0.2) is 5.01 Å². The molecule has 176 valence electrons. The topological polar surface area (TPSA) is 109 Å². The van der Waals surface area contributed by atoms with E-state index >= 15 is 0 Å². The quantitative estimate of drug-likeness (QED) is 0.404. The number of hydrogen-bond acceptors (Lipinski definition) is 7. The molecule has 3 amide bonds. The van der Waals surface area contributed by atoms with Crippen LogP contribution in [0.15, 0.2) is 76.4 Å². The molecule has 0 N–H and O–H groups in total. The minimum atomic E-state index is -0.871. The Hall–Kier alpha value is -4.53. The van der Waals surface area contributed by atoms with Crippen LogP contribution in [-0.4, -0.2) is 52.5 Å². The van der Waals surface area contributed by atoms with Crippen molar-refractivity contribution in [3.63, 3.8) is 0 Å². The number of amides is 3. The Bertz CT molecular complexity index is 1310. The molecule has 9 nitrogen and oxygen atoms in total. The van der Waals surface area contributed by atoms with E-state index in [1.165, 1.54) is 23.4 Å². The summed E-state index contributed by atoms with van der Waals surface area (Å²) in [5, 5.41) is 5.74. The van der Waals surface area contributed by atoms with Gasteiger partial charge in [0.25, 0.3) is 17.7 Å². The molecule has 5 rings (SSSR count). The number of ether oxygens (including phenoxy) is 1. The van der Waals surface area contributed by atoms with Crippen molar-refractivity contribution in [1.29, 1.82) is 0 Å². The molecule has 0 saturated carbocycles. The van der Waals surface area contributed by atoms with Crippen LogP contribution in [0.3, 0.4) is 0 Å². The molecule has 2 aromatic carbocycles. The predicted octanol–water partition coefficient (Wildman–Crippen LogP) is 3.11. The van der Waals surface area contributed by atoms with E-state index in [9.17, 15) is 19.2 Å². The maximum Gasteiger partial charge on any atom is 0.326 e. The predicted molar refractivity (Wildman–Crippen MR) is 123 cm³/mol. The Morgan fingerprint density at radius 3 is 2.31 bits per heavy atom. The van der Waals surface area contributed by atoms with Crippen molar-refractivity contribution in [2.24, 2.45) is 5.10 Å². The number of nitrogens with zero attached hydrogens (tertiary/aromatic N) is 3. The first kappa shape index (κ1) is 22.3. The van der Waals surface area contributed by atoms with Gasteiger partial charge in [-0.3, -0.25) is 24.1 Å². The highest BCUT2D eigenvalue weighted by molar-refractivity contribution is 6.22. The van der Waals surface area contributed by atoms with Crippen LogP contribution >= 0.6 is 0 Å². The first-order valence-electron chi connectivity index (χ1n) is 11.0. The molecule has 3 aromatic rings.